The van der Waals surface area contributed by atoms with Gasteiger partial charge >= 0.3 is 0 Å². The van der Waals surface area contributed by atoms with Crippen molar-refractivity contribution in [1.29, 1.82) is 0 Å². The van der Waals surface area contributed by atoms with Gasteiger partial charge in [-0.15, -0.1) is 0 Å². The molecule has 29 heavy (non-hydrogen) atoms. The van der Waals surface area contributed by atoms with Crippen LogP contribution in [-0.2, 0) is 11.3 Å². The number of pyridine rings is 1. The van der Waals surface area contributed by atoms with Crippen molar-refractivity contribution in [2.24, 2.45) is 0 Å². The Morgan fingerprint density at radius 1 is 1.17 bits per heavy atom. The maximum atomic E-state index is 13.0. The van der Waals surface area contributed by atoms with Crippen molar-refractivity contribution in [3.05, 3.63) is 40.8 Å². The predicted molar refractivity (Wildman–Crippen MR) is 109 cm³/mol. The van der Waals surface area contributed by atoms with Gasteiger partial charge in [0.1, 0.15) is 5.39 Å². The maximum absolute atomic E-state index is 13.0. The molecule has 5 rings (SSSR count). The second-order valence-electron chi connectivity index (χ2n) is 6.73. The van der Waals surface area contributed by atoms with Crippen LogP contribution in [0.15, 0.2) is 40.4 Å². The highest BCUT2D eigenvalue weighted by Gasteiger charge is 2.28. The minimum atomic E-state index is -0.182. The molecule has 3 aromatic rings. The fourth-order valence-electron chi connectivity index (χ4n) is 3.58. The number of anilines is 1. The Balaban J connectivity index is 1.81. The number of carbonyl (C=O) groups excluding carboxylic acids is 1. The maximum Gasteiger partial charge on any atom is 0.278 e. The Labute approximate surface area is 170 Å². The molecular weight excluding hydrogens is 392 g/mol. The van der Waals surface area contributed by atoms with Gasteiger partial charge in [-0.2, -0.15) is 0 Å². The van der Waals surface area contributed by atoms with Gasteiger partial charge < -0.3 is 4.74 Å². The molecule has 0 spiro atoms. The number of nitrogens with zero attached hydrogens (tertiary/aromatic N) is 6. The largest absolute Gasteiger partial charge is 0.480 e. The Morgan fingerprint density at radius 3 is 2.93 bits per heavy atom. The first kappa shape index (κ1) is 17.9. The number of thioether (sulfide) groups is 1. The molecule has 0 radical (unpaired) electrons. The average Bonchev–Trinajstić information content (AvgIpc) is 3.01. The van der Waals surface area contributed by atoms with Crippen molar-refractivity contribution in [3.63, 3.8) is 0 Å². The lowest BCUT2D eigenvalue weighted by molar-refractivity contribution is -0.121. The number of rotatable bonds is 1. The van der Waals surface area contributed by atoms with Crippen molar-refractivity contribution in [1.82, 2.24) is 24.3 Å². The molecule has 9 nitrogen and oxygen atoms in total. The van der Waals surface area contributed by atoms with E-state index in [1.54, 1.807) is 32.6 Å². The fraction of sp³-hybridized carbons (Fsp3) is 0.316. The SMILES string of the molecule is CSc1ncc2c(=O)n3n(c2n1)-c1ccc2c(n1)N(CCCC=CC3)C(=O)CO2. The van der Waals surface area contributed by atoms with Crippen molar-refractivity contribution in [2.75, 3.05) is 24.3 Å². The quantitative estimate of drug-likeness (QED) is 0.343. The Morgan fingerprint density at radius 2 is 2.07 bits per heavy atom. The minimum absolute atomic E-state index is 0.00529. The van der Waals surface area contributed by atoms with E-state index >= 15 is 0 Å². The van der Waals surface area contributed by atoms with Gasteiger partial charge in [-0.05, 0) is 31.2 Å². The predicted octanol–water partition coefficient (Wildman–Crippen LogP) is 1.77. The van der Waals surface area contributed by atoms with Crippen LogP contribution in [0.25, 0.3) is 16.9 Å². The zero-order valence-corrected chi connectivity index (χ0v) is 16.6. The molecule has 0 N–H and O–H groups in total. The summed E-state index contributed by atoms with van der Waals surface area (Å²) in [6, 6.07) is 3.56. The van der Waals surface area contributed by atoms with Gasteiger partial charge in [-0.25, -0.2) is 24.3 Å². The van der Waals surface area contributed by atoms with Gasteiger partial charge in [0.25, 0.3) is 11.5 Å². The lowest BCUT2D eigenvalue weighted by Gasteiger charge is -2.28. The van der Waals surface area contributed by atoms with Gasteiger partial charge in [-0.1, -0.05) is 23.9 Å². The summed E-state index contributed by atoms with van der Waals surface area (Å²) < 4.78 is 8.85. The first-order valence-corrected chi connectivity index (χ1v) is 10.5. The second kappa shape index (κ2) is 7.03. The minimum Gasteiger partial charge on any atom is -0.480 e. The van der Waals surface area contributed by atoms with Gasteiger partial charge in [0, 0.05) is 12.7 Å². The first-order valence-electron chi connectivity index (χ1n) is 9.29. The summed E-state index contributed by atoms with van der Waals surface area (Å²) in [6.07, 6.45) is 9.02. The summed E-state index contributed by atoms with van der Waals surface area (Å²) in [7, 11) is 0. The molecule has 1 amide bonds. The van der Waals surface area contributed by atoms with E-state index in [-0.39, 0.29) is 18.1 Å². The molecule has 0 aliphatic carbocycles. The van der Waals surface area contributed by atoms with Gasteiger partial charge in [-0.3, -0.25) is 14.5 Å². The van der Waals surface area contributed by atoms with E-state index < -0.39 is 0 Å². The molecule has 5 heterocycles. The van der Waals surface area contributed by atoms with E-state index in [2.05, 4.69) is 9.97 Å². The van der Waals surface area contributed by atoms with Gasteiger partial charge in [0.2, 0.25) is 0 Å². The highest BCUT2D eigenvalue weighted by molar-refractivity contribution is 7.98. The number of allylic oxidation sites excluding steroid dienone is 2. The van der Waals surface area contributed by atoms with Crippen LogP contribution in [0.3, 0.4) is 0 Å². The molecular formula is C19H18N6O3S. The number of hydrogen-bond donors (Lipinski definition) is 0. The Bertz CT molecular complexity index is 1210. The molecule has 0 saturated heterocycles. The van der Waals surface area contributed by atoms with Crippen LogP contribution >= 0.6 is 11.8 Å². The molecule has 2 aliphatic rings. The molecule has 0 fully saturated rings. The summed E-state index contributed by atoms with van der Waals surface area (Å²) in [5, 5.41) is 0.993. The summed E-state index contributed by atoms with van der Waals surface area (Å²) >= 11 is 1.40. The zero-order chi connectivity index (χ0) is 20.0. The Hall–Kier alpha value is -3.14. The van der Waals surface area contributed by atoms with Crippen LogP contribution in [0.2, 0.25) is 0 Å². The van der Waals surface area contributed by atoms with Crippen molar-refractivity contribution in [3.8, 4) is 11.6 Å². The molecule has 2 aliphatic heterocycles. The van der Waals surface area contributed by atoms with E-state index in [0.29, 0.717) is 46.7 Å². The van der Waals surface area contributed by atoms with E-state index in [1.807, 2.05) is 18.4 Å². The van der Waals surface area contributed by atoms with E-state index in [9.17, 15) is 9.59 Å². The fourth-order valence-corrected chi connectivity index (χ4v) is 3.92. The van der Waals surface area contributed by atoms with Crippen LogP contribution in [0.5, 0.6) is 5.75 Å². The Kier molecular flexibility index (Phi) is 4.35. The summed E-state index contributed by atoms with van der Waals surface area (Å²) in [5.41, 5.74) is 0.305. The average molecular weight is 410 g/mol. The van der Waals surface area contributed by atoms with Crippen LogP contribution in [0, 0.1) is 0 Å². The molecule has 0 unspecified atom stereocenters. The van der Waals surface area contributed by atoms with Crippen LogP contribution < -0.4 is 15.2 Å². The number of carbonyl (C=O) groups is 1. The lowest BCUT2D eigenvalue weighted by Crippen LogP contribution is -2.40. The highest BCUT2D eigenvalue weighted by atomic mass is 32.2. The molecule has 0 atom stereocenters. The first-order chi connectivity index (χ1) is 14.2. The molecule has 3 aromatic heterocycles. The van der Waals surface area contributed by atoms with Crippen LogP contribution in [0.1, 0.15) is 12.8 Å². The summed E-state index contributed by atoms with van der Waals surface area (Å²) in [5.74, 6) is 1.41. The van der Waals surface area contributed by atoms with Crippen LogP contribution in [-0.4, -0.2) is 49.6 Å². The zero-order valence-electron chi connectivity index (χ0n) is 15.7. The molecule has 0 saturated carbocycles. The molecule has 0 aromatic carbocycles. The van der Waals surface area contributed by atoms with E-state index in [4.69, 9.17) is 9.72 Å². The van der Waals surface area contributed by atoms with E-state index in [1.165, 1.54) is 11.8 Å². The van der Waals surface area contributed by atoms with Gasteiger partial charge in [0.05, 0.1) is 6.54 Å². The van der Waals surface area contributed by atoms with Crippen molar-refractivity contribution >= 4 is 34.5 Å². The normalized spacial score (nSPS) is 16.2. The van der Waals surface area contributed by atoms with Crippen molar-refractivity contribution < 1.29 is 9.53 Å². The topological polar surface area (TPSA) is 95.1 Å². The van der Waals surface area contributed by atoms with E-state index in [0.717, 1.165) is 12.8 Å². The number of hydrogen-bond acceptors (Lipinski definition) is 7. The molecule has 10 heteroatoms. The third-order valence-corrected chi connectivity index (χ3v) is 5.54. The third-order valence-electron chi connectivity index (χ3n) is 4.98. The lowest BCUT2D eigenvalue weighted by atomic mass is 10.2. The number of aromatic nitrogens is 5. The second-order valence-corrected chi connectivity index (χ2v) is 7.51. The summed E-state index contributed by atoms with van der Waals surface area (Å²) in [4.78, 5) is 40.7. The van der Waals surface area contributed by atoms with Crippen LogP contribution in [0.4, 0.5) is 5.82 Å². The standard InChI is InChI=1S/C19H18N6O3S/c1-29-19-20-10-12-16(22-19)25-14-7-6-13-17(21-14)23(15(26)11-28-13)8-4-2-3-5-9-24(25)18(12)27/h3,5-7,10H,2,4,8-9,11H2,1H3. The molecule has 148 valence electrons. The smallest absolute Gasteiger partial charge is 0.278 e. The van der Waals surface area contributed by atoms with Gasteiger partial charge in [0.15, 0.2) is 34.8 Å². The number of amides is 1. The number of ether oxygens (including phenoxy) is 1. The van der Waals surface area contributed by atoms with Crippen molar-refractivity contribution in [2.45, 2.75) is 24.5 Å². The monoisotopic (exact) mass is 410 g/mol. The highest BCUT2D eigenvalue weighted by Crippen LogP contribution is 2.32. The third kappa shape index (κ3) is 2.91. The molecule has 2 bridgehead atoms. The summed E-state index contributed by atoms with van der Waals surface area (Å²) in [6.45, 7) is 0.959. The number of fused-ring (bicyclic) bond motifs is 5.